The molecule has 3 nitrogen and oxygen atoms in total. The lowest BCUT2D eigenvalue weighted by Gasteiger charge is -2.27. The van der Waals surface area contributed by atoms with Gasteiger partial charge in [0.25, 0.3) is 0 Å². The van der Waals surface area contributed by atoms with Gasteiger partial charge in [0.2, 0.25) is 0 Å². The summed E-state index contributed by atoms with van der Waals surface area (Å²) >= 11 is 0. The lowest BCUT2D eigenvalue weighted by molar-refractivity contribution is 0.616. The molecular formula is C13H19N3. The molecule has 0 aliphatic heterocycles. The molecule has 0 spiro atoms. The predicted molar refractivity (Wildman–Crippen MR) is 68.3 cm³/mol. The van der Waals surface area contributed by atoms with Gasteiger partial charge in [0, 0.05) is 18.8 Å². The topological polar surface area (TPSA) is 53.0 Å². The van der Waals surface area contributed by atoms with Crippen molar-refractivity contribution in [3.8, 4) is 6.07 Å². The molecule has 1 aromatic rings. The minimum Gasteiger partial charge on any atom is -0.399 e. The Hall–Kier alpha value is -1.69. The summed E-state index contributed by atoms with van der Waals surface area (Å²) in [6.07, 6.45) is 2.26. The van der Waals surface area contributed by atoms with Crippen molar-refractivity contribution >= 4 is 11.4 Å². The summed E-state index contributed by atoms with van der Waals surface area (Å²) in [6.45, 7) is 4.33. The standard InChI is InChI=1S/C13H19N3/c1-4-5-10(2)16(3)13-7-6-12(15)8-11(13)9-14/h6-8,10H,4-5,15H2,1-3H3. The summed E-state index contributed by atoms with van der Waals surface area (Å²) in [5, 5.41) is 9.07. The summed E-state index contributed by atoms with van der Waals surface area (Å²) in [5.74, 6) is 0. The van der Waals surface area contributed by atoms with Crippen LogP contribution in [0, 0.1) is 11.3 Å². The van der Waals surface area contributed by atoms with Gasteiger partial charge in [-0.3, -0.25) is 0 Å². The Labute approximate surface area is 97.5 Å². The minimum atomic E-state index is 0.431. The van der Waals surface area contributed by atoms with Crippen LogP contribution in [0.4, 0.5) is 11.4 Å². The predicted octanol–water partition coefficient (Wildman–Crippen LogP) is 2.77. The number of hydrogen-bond acceptors (Lipinski definition) is 3. The largest absolute Gasteiger partial charge is 0.399 e. The number of nitriles is 1. The van der Waals surface area contributed by atoms with Crippen molar-refractivity contribution < 1.29 is 0 Å². The minimum absolute atomic E-state index is 0.431. The van der Waals surface area contributed by atoms with Crippen molar-refractivity contribution in [1.82, 2.24) is 0 Å². The highest BCUT2D eigenvalue weighted by atomic mass is 15.1. The molecule has 1 rings (SSSR count). The molecule has 0 aliphatic rings. The highest BCUT2D eigenvalue weighted by Crippen LogP contribution is 2.24. The van der Waals surface area contributed by atoms with Crippen LogP contribution in [0.1, 0.15) is 32.3 Å². The molecule has 0 aliphatic carbocycles. The van der Waals surface area contributed by atoms with Crippen molar-refractivity contribution in [1.29, 1.82) is 5.26 Å². The van der Waals surface area contributed by atoms with Crippen LogP contribution in [0.15, 0.2) is 18.2 Å². The van der Waals surface area contributed by atoms with Gasteiger partial charge < -0.3 is 10.6 Å². The van der Waals surface area contributed by atoms with Gasteiger partial charge in [-0.1, -0.05) is 13.3 Å². The quantitative estimate of drug-likeness (QED) is 0.789. The second-order valence-electron chi connectivity index (χ2n) is 4.14. The van der Waals surface area contributed by atoms with E-state index < -0.39 is 0 Å². The van der Waals surface area contributed by atoms with Crippen LogP contribution in [-0.2, 0) is 0 Å². The van der Waals surface area contributed by atoms with Crippen LogP contribution in [0.5, 0.6) is 0 Å². The fraction of sp³-hybridized carbons (Fsp3) is 0.462. The van der Waals surface area contributed by atoms with Crippen LogP contribution in [-0.4, -0.2) is 13.1 Å². The summed E-state index contributed by atoms with van der Waals surface area (Å²) in [5.41, 5.74) is 7.90. The van der Waals surface area contributed by atoms with Crippen molar-refractivity contribution in [2.24, 2.45) is 0 Å². The zero-order valence-corrected chi connectivity index (χ0v) is 10.2. The molecule has 0 fully saturated rings. The van der Waals surface area contributed by atoms with E-state index in [1.807, 2.05) is 19.2 Å². The second-order valence-corrected chi connectivity index (χ2v) is 4.14. The molecule has 1 unspecified atom stereocenters. The molecule has 0 bridgehead atoms. The number of hydrogen-bond donors (Lipinski definition) is 1. The lowest BCUT2D eigenvalue weighted by atomic mass is 10.1. The number of benzene rings is 1. The summed E-state index contributed by atoms with van der Waals surface area (Å²) in [6, 6.07) is 8.11. The molecule has 3 heteroatoms. The van der Waals surface area contributed by atoms with Gasteiger partial charge in [-0.25, -0.2) is 0 Å². The van der Waals surface area contributed by atoms with Crippen molar-refractivity contribution in [3.05, 3.63) is 23.8 Å². The SMILES string of the molecule is CCCC(C)N(C)c1ccc(N)cc1C#N. The number of rotatable bonds is 4. The summed E-state index contributed by atoms with van der Waals surface area (Å²) in [4.78, 5) is 2.14. The van der Waals surface area contributed by atoms with E-state index >= 15 is 0 Å². The molecule has 0 radical (unpaired) electrons. The van der Waals surface area contributed by atoms with E-state index in [0.717, 1.165) is 18.5 Å². The van der Waals surface area contributed by atoms with Crippen LogP contribution >= 0.6 is 0 Å². The molecule has 1 atom stereocenters. The average Bonchev–Trinajstić information content (AvgIpc) is 2.28. The summed E-state index contributed by atoms with van der Waals surface area (Å²) in [7, 11) is 2.02. The number of nitrogens with two attached hydrogens (primary N) is 1. The molecule has 0 saturated carbocycles. The molecule has 16 heavy (non-hydrogen) atoms. The van der Waals surface area contributed by atoms with E-state index in [2.05, 4.69) is 24.8 Å². The Bertz CT molecular complexity index is 393. The molecule has 2 N–H and O–H groups in total. The van der Waals surface area contributed by atoms with E-state index in [1.54, 1.807) is 6.07 Å². The number of nitrogen functional groups attached to an aromatic ring is 1. The monoisotopic (exact) mass is 217 g/mol. The molecule has 0 heterocycles. The maximum absolute atomic E-state index is 9.07. The highest BCUT2D eigenvalue weighted by molar-refractivity contribution is 5.64. The first kappa shape index (κ1) is 12.4. The van der Waals surface area contributed by atoms with Crippen molar-refractivity contribution in [3.63, 3.8) is 0 Å². The Balaban J connectivity index is 2.99. The Morgan fingerprint density at radius 1 is 1.50 bits per heavy atom. The average molecular weight is 217 g/mol. The van der Waals surface area contributed by atoms with E-state index in [1.165, 1.54) is 0 Å². The van der Waals surface area contributed by atoms with Crippen molar-refractivity contribution in [2.75, 3.05) is 17.7 Å². The maximum Gasteiger partial charge on any atom is 0.101 e. The van der Waals surface area contributed by atoms with Gasteiger partial charge in [-0.05, 0) is 31.5 Å². The zero-order valence-electron chi connectivity index (χ0n) is 10.2. The Morgan fingerprint density at radius 3 is 2.75 bits per heavy atom. The number of anilines is 2. The molecule has 0 amide bonds. The molecule has 0 saturated heterocycles. The smallest absolute Gasteiger partial charge is 0.101 e. The van der Waals surface area contributed by atoms with Gasteiger partial charge in [0.05, 0.1) is 11.3 Å². The first-order valence-corrected chi connectivity index (χ1v) is 5.62. The zero-order chi connectivity index (χ0) is 12.1. The molecular weight excluding hydrogens is 198 g/mol. The van der Waals surface area contributed by atoms with Gasteiger partial charge in [0.15, 0.2) is 0 Å². The van der Waals surface area contributed by atoms with Gasteiger partial charge >= 0.3 is 0 Å². The van der Waals surface area contributed by atoms with Gasteiger partial charge in [0.1, 0.15) is 6.07 Å². The molecule has 86 valence electrons. The molecule has 0 aromatic heterocycles. The van der Waals surface area contributed by atoms with E-state index in [-0.39, 0.29) is 0 Å². The first-order valence-electron chi connectivity index (χ1n) is 5.62. The maximum atomic E-state index is 9.07. The van der Waals surface area contributed by atoms with Crippen LogP contribution in [0.3, 0.4) is 0 Å². The van der Waals surface area contributed by atoms with E-state index in [4.69, 9.17) is 11.0 Å². The third-order valence-electron chi connectivity index (χ3n) is 2.89. The Morgan fingerprint density at radius 2 is 2.19 bits per heavy atom. The summed E-state index contributed by atoms with van der Waals surface area (Å²) < 4.78 is 0. The normalized spacial score (nSPS) is 11.9. The van der Waals surface area contributed by atoms with Crippen LogP contribution in [0.25, 0.3) is 0 Å². The van der Waals surface area contributed by atoms with Crippen LogP contribution < -0.4 is 10.6 Å². The fourth-order valence-electron chi connectivity index (χ4n) is 1.80. The Kier molecular flexibility index (Phi) is 4.19. The third kappa shape index (κ3) is 2.66. The third-order valence-corrected chi connectivity index (χ3v) is 2.89. The number of nitrogens with zero attached hydrogens (tertiary/aromatic N) is 2. The van der Waals surface area contributed by atoms with E-state index in [9.17, 15) is 0 Å². The first-order chi connectivity index (χ1) is 7.60. The van der Waals surface area contributed by atoms with Crippen molar-refractivity contribution in [2.45, 2.75) is 32.7 Å². The van der Waals surface area contributed by atoms with Crippen LogP contribution in [0.2, 0.25) is 0 Å². The lowest BCUT2D eigenvalue weighted by Crippen LogP contribution is -2.29. The molecule has 1 aromatic carbocycles. The van der Waals surface area contributed by atoms with E-state index in [0.29, 0.717) is 17.3 Å². The van der Waals surface area contributed by atoms with Gasteiger partial charge in [-0.15, -0.1) is 0 Å². The highest BCUT2D eigenvalue weighted by Gasteiger charge is 2.12. The van der Waals surface area contributed by atoms with Gasteiger partial charge in [-0.2, -0.15) is 5.26 Å². The fourth-order valence-corrected chi connectivity index (χ4v) is 1.80. The second kappa shape index (κ2) is 5.41.